The number of hydrogen-bond acceptors (Lipinski definition) is 7. The Labute approximate surface area is 220 Å². The maximum atomic E-state index is 6.28. The molecule has 0 aliphatic heterocycles. The van der Waals surface area contributed by atoms with Crippen molar-refractivity contribution in [1.82, 2.24) is 25.5 Å². The van der Waals surface area contributed by atoms with E-state index in [1.165, 1.54) is 0 Å². The first kappa shape index (κ1) is 26.8. The number of rotatable bonds is 12. The van der Waals surface area contributed by atoms with Crippen molar-refractivity contribution in [2.75, 3.05) is 19.4 Å². The fraction of sp³-hybridized carbons (Fsp3) is 0.240. The fourth-order valence-electron chi connectivity index (χ4n) is 3.37. The van der Waals surface area contributed by atoms with Crippen LogP contribution in [0.4, 0.5) is 0 Å². The van der Waals surface area contributed by atoms with Crippen LogP contribution in [0, 0.1) is 0 Å². The molecule has 0 radical (unpaired) electrons. The Balaban J connectivity index is 0.00000342. The number of benzene rings is 3. The number of hydrogen-bond donors (Lipinski definition) is 1. The van der Waals surface area contributed by atoms with Gasteiger partial charge in [-0.05, 0) is 47.7 Å². The average Bonchev–Trinajstić information content (AvgIpc) is 3.35. The summed E-state index contributed by atoms with van der Waals surface area (Å²) in [4.78, 5) is 0. The Bertz CT molecular complexity index is 1190. The van der Waals surface area contributed by atoms with E-state index in [1.807, 2.05) is 72.8 Å². The first-order valence-corrected chi connectivity index (χ1v) is 12.3. The Morgan fingerprint density at radius 1 is 0.971 bits per heavy atom. The van der Waals surface area contributed by atoms with E-state index < -0.39 is 0 Å². The second-order valence-electron chi connectivity index (χ2n) is 7.42. The molecule has 0 aliphatic rings. The highest BCUT2D eigenvalue weighted by molar-refractivity contribution is 7.99. The number of tetrazole rings is 1. The van der Waals surface area contributed by atoms with Crippen LogP contribution < -0.4 is 14.8 Å². The number of nitrogens with one attached hydrogen (secondary N) is 1. The highest BCUT2D eigenvalue weighted by Gasteiger charge is 2.12. The minimum absolute atomic E-state index is 0. The van der Waals surface area contributed by atoms with Gasteiger partial charge in [0.25, 0.3) is 0 Å². The fourth-order valence-corrected chi connectivity index (χ4v) is 4.39. The summed E-state index contributed by atoms with van der Waals surface area (Å²) in [5.41, 5.74) is 2.92. The molecule has 35 heavy (non-hydrogen) atoms. The van der Waals surface area contributed by atoms with Gasteiger partial charge in [0.2, 0.25) is 5.16 Å². The highest BCUT2D eigenvalue weighted by atomic mass is 35.5. The molecule has 1 N–H and O–H groups in total. The van der Waals surface area contributed by atoms with Crippen molar-refractivity contribution in [1.29, 1.82) is 0 Å². The van der Waals surface area contributed by atoms with E-state index in [2.05, 4.69) is 20.8 Å². The zero-order valence-electron chi connectivity index (χ0n) is 19.3. The lowest BCUT2D eigenvalue weighted by Gasteiger charge is -2.16. The molecule has 0 saturated heterocycles. The van der Waals surface area contributed by atoms with Crippen LogP contribution in [-0.4, -0.2) is 39.6 Å². The van der Waals surface area contributed by atoms with E-state index in [0.717, 1.165) is 46.4 Å². The number of para-hydroxylation sites is 2. The third kappa shape index (κ3) is 7.35. The summed E-state index contributed by atoms with van der Waals surface area (Å²) in [5, 5.41) is 17.0. The number of methoxy groups -OCH3 is 1. The molecule has 3 aromatic carbocycles. The van der Waals surface area contributed by atoms with E-state index in [-0.39, 0.29) is 12.4 Å². The van der Waals surface area contributed by atoms with E-state index in [9.17, 15) is 0 Å². The van der Waals surface area contributed by atoms with Crippen molar-refractivity contribution >= 4 is 35.8 Å². The SMILES string of the molecule is COc1cccc(CNCCCSc2nnnn2-c2ccccc2)c1OCc1ccccc1Cl.Cl. The first-order valence-electron chi connectivity index (χ1n) is 11.0. The summed E-state index contributed by atoms with van der Waals surface area (Å²) in [7, 11) is 1.65. The lowest BCUT2D eigenvalue weighted by atomic mass is 10.1. The van der Waals surface area contributed by atoms with Crippen LogP contribution in [0.1, 0.15) is 17.5 Å². The van der Waals surface area contributed by atoms with Crippen molar-refractivity contribution in [2.24, 2.45) is 0 Å². The van der Waals surface area contributed by atoms with Gasteiger partial charge in [0.1, 0.15) is 6.61 Å². The summed E-state index contributed by atoms with van der Waals surface area (Å²) in [6.07, 6.45) is 0.964. The Morgan fingerprint density at radius 2 is 1.74 bits per heavy atom. The smallest absolute Gasteiger partial charge is 0.214 e. The maximum absolute atomic E-state index is 6.28. The van der Waals surface area contributed by atoms with Gasteiger partial charge in [-0.2, -0.15) is 4.68 Å². The van der Waals surface area contributed by atoms with Gasteiger partial charge in [-0.25, -0.2) is 0 Å². The summed E-state index contributed by atoms with van der Waals surface area (Å²) < 4.78 is 13.4. The van der Waals surface area contributed by atoms with Gasteiger partial charge in [-0.3, -0.25) is 0 Å². The topological polar surface area (TPSA) is 74.1 Å². The lowest BCUT2D eigenvalue weighted by Crippen LogP contribution is -2.16. The van der Waals surface area contributed by atoms with Gasteiger partial charge in [0.05, 0.1) is 12.8 Å². The van der Waals surface area contributed by atoms with Crippen molar-refractivity contribution in [3.63, 3.8) is 0 Å². The van der Waals surface area contributed by atoms with Crippen LogP contribution in [0.15, 0.2) is 78.0 Å². The van der Waals surface area contributed by atoms with E-state index in [1.54, 1.807) is 23.6 Å². The van der Waals surface area contributed by atoms with Gasteiger partial charge in [0, 0.05) is 28.4 Å². The van der Waals surface area contributed by atoms with Crippen molar-refractivity contribution in [3.8, 4) is 17.2 Å². The van der Waals surface area contributed by atoms with Gasteiger partial charge >= 0.3 is 0 Å². The van der Waals surface area contributed by atoms with Crippen LogP contribution in [0.3, 0.4) is 0 Å². The summed E-state index contributed by atoms with van der Waals surface area (Å²) in [5.74, 6) is 2.33. The normalized spacial score (nSPS) is 10.6. The molecule has 0 atom stereocenters. The third-order valence-electron chi connectivity index (χ3n) is 5.10. The summed E-state index contributed by atoms with van der Waals surface area (Å²) in [6.45, 7) is 1.89. The molecule has 0 spiro atoms. The van der Waals surface area contributed by atoms with Gasteiger partial charge in [-0.15, -0.1) is 17.5 Å². The molecule has 4 aromatic rings. The van der Waals surface area contributed by atoms with Crippen molar-refractivity contribution < 1.29 is 9.47 Å². The van der Waals surface area contributed by atoms with Crippen LogP contribution >= 0.6 is 35.8 Å². The lowest BCUT2D eigenvalue weighted by molar-refractivity contribution is 0.280. The number of ether oxygens (including phenoxy) is 2. The predicted molar refractivity (Wildman–Crippen MR) is 142 cm³/mol. The van der Waals surface area contributed by atoms with E-state index >= 15 is 0 Å². The molecule has 1 aromatic heterocycles. The number of thioether (sulfide) groups is 1. The molecule has 0 unspecified atom stereocenters. The monoisotopic (exact) mass is 531 g/mol. The second kappa shape index (κ2) is 13.9. The first-order chi connectivity index (χ1) is 16.8. The molecule has 10 heteroatoms. The van der Waals surface area contributed by atoms with Crippen molar-refractivity contribution in [3.05, 3.63) is 88.9 Å². The number of aromatic nitrogens is 4. The second-order valence-corrected chi connectivity index (χ2v) is 8.89. The zero-order chi connectivity index (χ0) is 23.6. The van der Waals surface area contributed by atoms with Crippen molar-refractivity contribution in [2.45, 2.75) is 24.7 Å². The van der Waals surface area contributed by atoms with Gasteiger partial charge in [-0.1, -0.05) is 71.9 Å². The van der Waals surface area contributed by atoms with Crippen LogP contribution in [0.2, 0.25) is 5.02 Å². The molecular formula is C25H27Cl2N5O2S. The predicted octanol–water partition coefficient (Wildman–Crippen LogP) is 5.60. The average molecular weight is 532 g/mol. The molecule has 0 amide bonds. The molecule has 7 nitrogen and oxygen atoms in total. The van der Waals surface area contributed by atoms with Gasteiger partial charge < -0.3 is 14.8 Å². The molecule has 0 fully saturated rings. The quantitative estimate of drug-likeness (QED) is 0.188. The van der Waals surface area contributed by atoms with Crippen LogP contribution in [0.5, 0.6) is 11.5 Å². The van der Waals surface area contributed by atoms with Crippen LogP contribution in [0.25, 0.3) is 5.69 Å². The Kier molecular flexibility index (Phi) is 10.7. The minimum Gasteiger partial charge on any atom is -0.493 e. The van der Waals surface area contributed by atoms with E-state index in [0.29, 0.717) is 23.9 Å². The minimum atomic E-state index is 0. The molecule has 0 saturated carbocycles. The standard InChI is InChI=1S/C25H26ClN5O2S.ClH/c1-32-23-14-7-10-19(24(23)33-18-20-9-5-6-13-22(20)26)17-27-15-8-16-34-25-28-29-30-31(25)21-11-3-2-4-12-21;/h2-7,9-14,27H,8,15-18H2,1H3;1H. The number of nitrogens with zero attached hydrogens (tertiary/aromatic N) is 4. The molecule has 0 aliphatic carbocycles. The largest absolute Gasteiger partial charge is 0.493 e. The highest BCUT2D eigenvalue weighted by Crippen LogP contribution is 2.32. The van der Waals surface area contributed by atoms with E-state index in [4.69, 9.17) is 21.1 Å². The molecule has 1 heterocycles. The molecular weight excluding hydrogens is 505 g/mol. The summed E-state index contributed by atoms with van der Waals surface area (Å²) in [6, 6.07) is 23.5. The zero-order valence-corrected chi connectivity index (χ0v) is 21.7. The summed E-state index contributed by atoms with van der Waals surface area (Å²) >= 11 is 7.92. The van der Waals surface area contributed by atoms with Gasteiger partial charge in [0.15, 0.2) is 11.5 Å². The maximum Gasteiger partial charge on any atom is 0.214 e. The Hall–Kier alpha value is -2.78. The molecule has 184 valence electrons. The Morgan fingerprint density at radius 3 is 2.54 bits per heavy atom. The third-order valence-corrected chi connectivity index (χ3v) is 6.47. The molecule has 0 bridgehead atoms. The van der Waals surface area contributed by atoms with Crippen LogP contribution in [-0.2, 0) is 13.2 Å². The number of halogens is 2. The molecule has 4 rings (SSSR count).